The number of ether oxygens (including phenoxy) is 1. The topological polar surface area (TPSA) is 33.6 Å². The van der Waals surface area contributed by atoms with E-state index in [9.17, 15) is 0 Å². The second-order valence-electron chi connectivity index (χ2n) is 4.36. The molecular weight excluding hydrogens is 256 g/mol. The number of nitrogens with one attached hydrogen (secondary N) is 1. The standard InChI is InChI=1S/C12H15ClN2OS/c1-12(2)10(16-3)15-11(17-12)14-9-6-4-8(13)5-7-9/h4-7,10H,1-3H3,(H,14,15). The van der Waals surface area contributed by atoms with Crippen molar-refractivity contribution in [1.29, 1.82) is 0 Å². The van der Waals surface area contributed by atoms with Crippen LogP contribution in [0.5, 0.6) is 0 Å². The first-order valence-electron chi connectivity index (χ1n) is 5.33. The summed E-state index contributed by atoms with van der Waals surface area (Å²) >= 11 is 7.52. The Labute approximate surface area is 111 Å². The van der Waals surface area contributed by atoms with E-state index in [1.807, 2.05) is 24.3 Å². The fourth-order valence-electron chi connectivity index (χ4n) is 1.64. The van der Waals surface area contributed by atoms with E-state index in [0.717, 1.165) is 15.9 Å². The van der Waals surface area contributed by atoms with Gasteiger partial charge in [0.2, 0.25) is 0 Å². The van der Waals surface area contributed by atoms with E-state index >= 15 is 0 Å². The number of methoxy groups -OCH3 is 1. The zero-order chi connectivity index (χ0) is 12.5. The van der Waals surface area contributed by atoms with Gasteiger partial charge in [0, 0.05) is 17.8 Å². The normalized spacial score (nSPS) is 22.4. The van der Waals surface area contributed by atoms with Crippen LogP contribution in [0.1, 0.15) is 13.8 Å². The van der Waals surface area contributed by atoms with Crippen LogP contribution in [0, 0.1) is 0 Å². The van der Waals surface area contributed by atoms with E-state index < -0.39 is 0 Å². The quantitative estimate of drug-likeness (QED) is 0.891. The molecule has 1 N–H and O–H groups in total. The SMILES string of the molecule is COC1N=C(Nc2ccc(Cl)cc2)SC1(C)C. The van der Waals surface area contributed by atoms with E-state index in [-0.39, 0.29) is 11.0 Å². The lowest BCUT2D eigenvalue weighted by molar-refractivity contribution is 0.0889. The maximum Gasteiger partial charge on any atom is 0.165 e. The molecule has 1 unspecified atom stereocenters. The van der Waals surface area contributed by atoms with E-state index in [0.29, 0.717) is 0 Å². The van der Waals surface area contributed by atoms with Crippen LogP contribution < -0.4 is 5.32 Å². The molecule has 2 rings (SSSR count). The van der Waals surface area contributed by atoms with Gasteiger partial charge in [-0.3, -0.25) is 0 Å². The maximum absolute atomic E-state index is 5.84. The van der Waals surface area contributed by atoms with Crippen molar-refractivity contribution in [2.75, 3.05) is 12.4 Å². The van der Waals surface area contributed by atoms with Gasteiger partial charge in [0.25, 0.3) is 0 Å². The van der Waals surface area contributed by atoms with Crippen molar-refractivity contribution >= 4 is 34.2 Å². The average molecular weight is 271 g/mol. The molecular formula is C12H15ClN2OS. The number of halogens is 1. The molecule has 0 fully saturated rings. The van der Waals surface area contributed by atoms with Crippen molar-refractivity contribution in [3.05, 3.63) is 29.3 Å². The summed E-state index contributed by atoms with van der Waals surface area (Å²) in [7, 11) is 1.68. The van der Waals surface area contributed by atoms with Gasteiger partial charge in [0.05, 0.1) is 4.75 Å². The van der Waals surface area contributed by atoms with E-state index in [2.05, 4.69) is 24.2 Å². The summed E-state index contributed by atoms with van der Waals surface area (Å²) in [4.78, 5) is 4.49. The third-order valence-electron chi connectivity index (χ3n) is 2.51. The molecule has 0 radical (unpaired) electrons. The summed E-state index contributed by atoms with van der Waals surface area (Å²) in [5, 5.41) is 4.87. The first-order valence-corrected chi connectivity index (χ1v) is 6.53. The molecule has 0 aromatic heterocycles. The van der Waals surface area contributed by atoms with Crippen molar-refractivity contribution in [3.63, 3.8) is 0 Å². The molecule has 1 aromatic carbocycles. The number of amidine groups is 1. The zero-order valence-electron chi connectivity index (χ0n) is 10.0. The van der Waals surface area contributed by atoms with Crippen LogP contribution in [0.2, 0.25) is 5.02 Å². The van der Waals surface area contributed by atoms with Crippen molar-refractivity contribution in [1.82, 2.24) is 0 Å². The van der Waals surface area contributed by atoms with Crippen LogP contribution in [0.25, 0.3) is 0 Å². The van der Waals surface area contributed by atoms with Gasteiger partial charge in [-0.25, -0.2) is 4.99 Å². The minimum atomic E-state index is -0.109. The van der Waals surface area contributed by atoms with Crippen LogP contribution in [-0.4, -0.2) is 23.3 Å². The highest BCUT2D eigenvalue weighted by atomic mass is 35.5. The van der Waals surface area contributed by atoms with Gasteiger partial charge < -0.3 is 10.1 Å². The number of hydrogen-bond donors (Lipinski definition) is 1. The number of thioether (sulfide) groups is 1. The minimum absolute atomic E-state index is 0.0382. The molecule has 1 heterocycles. The third kappa shape index (κ3) is 2.94. The van der Waals surface area contributed by atoms with Gasteiger partial charge in [-0.1, -0.05) is 23.4 Å². The largest absolute Gasteiger partial charge is 0.358 e. The molecule has 3 nitrogen and oxygen atoms in total. The fraction of sp³-hybridized carbons (Fsp3) is 0.417. The number of aliphatic imine (C=N–C) groups is 1. The van der Waals surface area contributed by atoms with Crippen LogP contribution in [-0.2, 0) is 4.74 Å². The molecule has 1 aliphatic heterocycles. The number of rotatable bonds is 2. The lowest BCUT2D eigenvalue weighted by Crippen LogP contribution is -2.29. The summed E-state index contributed by atoms with van der Waals surface area (Å²) < 4.78 is 5.31. The van der Waals surface area contributed by atoms with E-state index in [1.54, 1.807) is 18.9 Å². The second kappa shape index (κ2) is 4.88. The lowest BCUT2D eigenvalue weighted by Gasteiger charge is -2.21. The summed E-state index contributed by atoms with van der Waals surface area (Å²) in [6, 6.07) is 7.56. The van der Waals surface area contributed by atoms with Gasteiger partial charge >= 0.3 is 0 Å². The molecule has 0 aliphatic carbocycles. The molecule has 0 amide bonds. The fourth-order valence-corrected chi connectivity index (χ4v) is 2.83. The van der Waals surface area contributed by atoms with Gasteiger partial charge in [0.1, 0.15) is 0 Å². The van der Waals surface area contributed by atoms with Crippen LogP contribution in [0.4, 0.5) is 5.69 Å². The molecule has 17 heavy (non-hydrogen) atoms. The summed E-state index contributed by atoms with van der Waals surface area (Å²) in [6.07, 6.45) is -0.109. The second-order valence-corrected chi connectivity index (χ2v) is 6.44. The molecule has 1 aromatic rings. The number of nitrogens with zero attached hydrogens (tertiary/aromatic N) is 1. The number of benzene rings is 1. The summed E-state index contributed by atoms with van der Waals surface area (Å²) in [5.74, 6) is 0. The van der Waals surface area contributed by atoms with E-state index in [1.165, 1.54) is 0 Å². The Morgan fingerprint density at radius 2 is 2.00 bits per heavy atom. The first kappa shape index (κ1) is 12.7. The Kier molecular flexibility index (Phi) is 3.66. The third-order valence-corrected chi connectivity index (χ3v) is 3.89. The monoisotopic (exact) mass is 270 g/mol. The maximum atomic E-state index is 5.84. The smallest absolute Gasteiger partial charge is 0.165 e. The molecule has 0 bridgehead atoms. The van der Waals surface area contributed by atoms with Crippen molar-refractivity contribution in [2.24, 2.45) is 4.99 Å². The van der Waals surface area contributed by atoms with Crippen LogP contribution >= 0.6 is 23.4 Å². The van der Waals surface area contributed by atoms with Crippen molar-refractivity contribution in [3.8, 4) is 0 Å². The Morgan fingerprint density at radius 1 is 1.35 bits per heavy atom. The summed E-state index contributed by atoms with van der Waals surface area (Å²) in [5.41, 5.74) is 0.980. The zero-order valence-corrected chi connectivity index (χ0v) is 11.6. The molecule has 0 saturated carbocycles. The molecule has 1 aliphatic rings. The number of hydrogen-bond acceptors (Lipinski definition) is 4. The van der Waals surface area contributed by atoms with Gasteiger partial charge in [-0.15, -0.1) is 0 Å². The highest BCUT2D eigenvalue weighted by molar-refractivity contribution is 8.15. The van der Waals surface area contributed by atoms with Gasteiger partial charge in [0.15, 0.2) is 11.4 Å². The first-order chi connectivity index (χ1) is 8.01. The molecule has 5 heteroatoms. The molecule has 92 valence electrons. The van der Waals surface area contributed by atoms with Crippen molar-refractivity contribution < 1.29 is 4.74 Å². The number of anilines is 1. The molecule has 1 atom stereocenters. The van der Waals surface area contributed by atoms with E-state index in [4.69, 9.17) is 16.3 Å². The lowest BCUT2D eigenvalue weighted by atomic mass is 10.2. The Balaban J connectivity index is 2.08. The Hall–Kier alpha value is -0.710. The van der Waals surface area contributed by atoms with Gasteiger partial charge in [-0.2, -0.15) is 0 Å². The molecule has 0 saturated heterocycles. The summed E-state index contributed by atoms with van der Waals surface area (Å²) in [6.45, 7) is 4.23. The Morgan fingerprint density at radius 3 is 2.53 bits per heavy atom. The highest BCUT2D eigenvalue weighted by Crippen LogP contribution is 2.38. The van der Waals surface area contributed by atoms with Crippen molar-refractivity contribution in [2.45, 2.75) is 24.8 Å². The highest BCUT2D eigenvalue weighted by Gasteiger charge is 2.37. The Bertz CT molecular complexity index is 431. The van der Waals surface area contributed by atoms with Gasteiger partial charge in [-0.05, 0) is 38.1 Å². The predicted molar refractivity (Wildman–Crippen MR) is 75.0 cm³/mol. The van der Waals surface area contributed by atoms with Crippen LogP contribution in [0.15, 0.2) is 29.3 Å². The molecule has 0 spiro atoms. The average Bonchev–Trinajstić information content (AvgIpc) is 2.56. The van der Waals surface area contributed by atoms with Crippen LogP contribution in [0.3, 0.4) is 0 Å². The predicted octanol–water partition coefficient (Wildman–Crippen LogP) is 3.61. The minimum Gasteiger partial charge on any atom is -0.358 e.